The van der Waals surface area contributed by atoms with Gasteiger partial charge in [0.15, 0.2) is 0 Å². The Morgan fingerprint density at radius 3 is 2.10 bits per heavy atom. The summed E-state index contributed by atoms with van der Waals surface area (Å²) in [5.41, 5.74) is 0.572. The molecule has 4 aliphatic carbocycles. The van der Waals surface area contributed by atoms with E-state index in [0.29, 0.717) is 11.3 Å². The van der Waals surface area contributed by atoms with Gasteiger partial charge in [-0.15, -0.1) is 0 Å². The van der Waals surface area contributed by atoms with E-state index in [1.807, 2.05) is 0 Å². The molecule has 0 spiro atoms. The van der Waals surface area contributed by atoms with Crippen LogP contribution in [0.4, 0.5) is 0 Å². The van der Waals surface area contributed by atoms with Gasteiger partial charge < -0.3 is 5.11 Å². The Kier molecular flexibility index (Phi) is 4.31. The molecule has 4 rings (SSSR count). The van der Waals surface area contributed by atoms with Gasteiger partial charge in [-0.05, 0) is 80.6 Å². The van der Waals surface area contributed by atoms with Gasteiger partial charge in [0.1, 0.15) is 0 Å². The average Bonchev–Trinajstić information content (AvgIpc) is 2.33. The fourth-order valence-electron chi connectivity index (χ4n) is 5.93. The van der Waals surface area contributed by atoms with Gasteiger partial charge in [0.2, 0.25) is 0 Å². The third-order valence-corrected chi connectivity index (χ3v) is 6.11. The van der Waals surface area contributed by atoms with Crippen LogP contribution in [0.5, 0.6) is 0 Å². The van der Waals surface area contributed by atoms with Crippen LogP contribution in [0.2, 0.25) is 0 Å². The fraction of sp³-hybridized carbons (Fsp3) is 0.944. The smallest absolute Gasteiger partial charge is 0.317 e. The Morgan fingerprint density at radius 2 is 1.67 bits per heavy atom. The lowest BCUT2D eigenvalue weighted by Crippen LogP contribution is -2.47. The maximum Gasteiger partial charge on any atom is 0.317 e. The molecule has 4 bridgehead atoms. The van der Waals surface area contributed by atoms with E-state index in [2.05, 4.69) is 18.7 Å². The number of carboxylic acid groups (broad SMARTS) is 1. The van der Waals surface area contributed by atoms with Gasteiger partial charge >= 0.3 is 5.97 Å². The molecule has 0 saturated heterocycles. The highest BCUT2D eigenvalue weighted by Gasteiger charge is 2.50. The summed E-state index contributed by atoms with van der Waals surface area (Å²) in [6, 6.07) is 0. The third-order valence-electron chi connectivity index (χ3n) is 6.11. The molecule has 1 N–H and O–H groups in total. The van der Waals surface area contributed by atoms with Gasteiger partial charge in [-0.3, -0.25) is 9.69 Å². The van der Waals surface area contributed by atoms with Gasteiger partial charge in [-0.2, -0.15) is 0 Å². The number of carbonyl (C=O) groups is 1. The molecule has 0 unspecified atom stereocenters. The first-order chi connectivity index (χ1) is 9.94. The minimum Gasteiger partial charge on any atom is -0.480 e. The molecule has 0 heterocycles. The molecular weight excluding hydrogens is 262 g/mol. The van der Waals surface area contributed by atoms with Gasteiger partial charge in [-0.1, -0.05) is 13.8 Å². The van der Waals surface area contributed by atoms with Crippen molar-refractivity contribution in [2.45, 2.75) is 58.8 Å². The van der Waals surface area contributed by atoms with E-state index in [9.17, 15) is 4.79 Å². The molecule has 3 nitrogen and oxygen atoms in total. The second kappa shape index (κ2) is 5.91. The number of carboxylic acids is 1. The summed E-state index contributed by atoms with van der Waals surface area (Å²) in [5, 5.41) is 9.12. The van der Waals surface area contributed by atoms with Crippen LogP contribution >= 0.6 is 0 Å². The van der Waals surface area contributed by atoms with Crippen molar-refractivity contribution in [3.63, 3.8) is 0 Å². The third kappa shape index (κ3) is 3.61. The van der Waals surface area contributed by atoms with Gasteiger partial charge in [0.05, 0.1) is 6.54 Å². The van der Waals surface area contributed by atoms with Crippen LogP contribution in [-0.2, 0) is 4.79 Å². The van der Waals surface area contributed by atoms with Crippen LogP contribution in [-0.4, -0.2) is 35.6 Å². The lowest BCUT2D eigenvalue weighted by atomic mass is 9.49. The molecule has 0 aromatic carbocycles. The van der Waals surface area contributed by atoms with Crippen LogP contribution in [0, 0.1) is 29.1 Å². The van der Waals surface area contributed by atoms with E-state index < -0.39 is 5.97 Å². The van der Waals surface area contributed by atoms with Crippen molar-refractivity contribution in [3.8, 4) is 0 Å². The van der Waals surface area contributed by atoms with Crippen molar-refractivity contribution in [2.24, 2.45) is 29.1 Å². The van der Waals surface area contributed by atoms with Crippen LogP contribution < -0.4 is 0 Å². The first kappa shape index (κ1) is 15.3. The van der Waals surface area contributed by atoms with Crippen LogP contribution in [0.3, 0.4) is 0 Å². The molecule has 0 amide bonds. The second-order valence-corrected chi connectivity index (χ2v) is 8.69. The highest BCUT2D eigenvalue weighted by atomic mass is 16.4. The molecule has 4 fully saturated rings. The van der Waals surface area contributed by atoms with Crippen LogP contribution in [0.1, 0.15) is 58.8 Å². The average molecular weight is 293 g/mol. The van der Waals surface area contributed by atoms with E-state index in [0.717, 1.165) is 30.8 Å². The zero-order valence-corrected chi connectivity index (χ0v) is 13.7. The maximum atomic E-state index is 11.1. The predicted molar refractivity (Wildman–Crippen MR) is 84.1 cm³/mol. The SMILES string of the molecule is CC(C)CN(CCC12CC3CC(CC(C3)C1)C2)CC(=O)O. The van der Waals surface area contributed by atoms with Gasteiger partial charge in [-0.25, -0.2) is 0 Å². The van der Waals surface area contributed by atoms with E-state index in [1.165, 1.54) is 44.9 Å². The number of hydrogen-bond acceptors (Lipinski definition) is 2. The fourth-order valence-corrected chi connectivity index (χ4v) is 5.93. The highest BCUT2D eigenvalue weighted by Crippen LogP contribution is 2.61. The highest BCUT2D eigenvalue weighted by molar-refractivity contribution is 5.69. The first-order valence-corrected chi connectivity index (χ1v) is 8.88. The zero-order chi connectivity index (χ0) is 15.0. The number of hydrogen-bond donors (Lipinski definition) is 1. The lowest BCUT2D eigenvalue weighted by molar-refractivity contribution is -0.138. The molecule has 0 aliphatic heterocycles. The Balaban J connectivity index is 1.58. The molecule has 0 atom stereocenters. The summed E-state index contributed by atoms with van der Waals surface area (Å²) in [6.07, 6.45) is 10.00. The summed E-state index contributed by atoms with van der Waals surface area (Å²) >= 11 is 0. The molecule has 0 aromatic heterocycles. The van der Waals surface area contributed by atoms with E-state index >= 15 is 0 Å². The molecule has 120 valence electrons. The monoisotopic (exact) mass is 293 g/mol. The van der Waals surface area contributed by atoms with Gasteiger partial charge in [0.25, 0.3) is 0 Å². The summed E-state index contributed by atoms with van der Waals surface area (Å²) in [5.74, 6) is 2.85. The summed E-state index contributed by atoms with van der Waals surface area (Å²) in [7, 11) is 0. The quantitative estimate of drug-likeness (QED) is 0.779. The summed E-state index contributed by atoms with van der Waals surface area (Å²) in [4.78, 5) is 13.2. The number of rotatable bonds is 7. The topological polar surface area (TPSA) is 40.5 Å². The molecule has 21 heavy (non-hydrogen) atoms. The number of nitrogens with zero attached hydrogens (tertiary/aromatic N) is 1. The Morgan fingerprint density at radius 1 is 1.14 bits per heavy atom. The van der Waals surface area contributed by atoms with Crippen LogP contribution in [0.15, 0.2) is 0 Å². The Labute approximate surface area is 129 Å². The normalized spacial score (nSPS) is 37.6. The number of aliphatic carboxylic acids is 1. The lowest BCUT2D eigenvalue weighted by Gasteiger charge is -2.57. The molecular formula is C18H31NO2. The summed E-state index contributed by atoms with van der Waals surface area (Å²) in [6.45, 7) is 6.47. The molecule has 0 radical (unpaired) electrons. The van der Waals surface area contributed by atoms with E-state index in [-0.39, 0.29) is 6.54 Å². The molecule has 4 aliphatic rings. The molecule has 0 aromatic rings. The zero-order valence-electron chi connectivity index (χ0n) is 13.7. The standard InChI is InChI=1S/C18H31NO2/c1-13(2)11-19(12-17(20)21)4-3-18-8-14-5-15(9-18)7-16(6-14)10-18/h13-16H,3-12H2,1-2H3,(H,20,21). The maximum absolute atomic E-state index is 11.1. The van der Waals surface area contributed by atoms with Crippen molar-refractivity contribution in [1.29, 1.82) is 0 Å². The molecule has 3 heteroatoms. The molecule has 4 saturated carbocycles. The van der Waals surface area contributed by atoms with Crippen molar-refractivity contribution < 1.29 is 9.90 Å². The minimum atomic E-state index is -0.679. The van der Waals surface area contributed by atoms with E-state index in [1.54, 1.807) is 0 Å². The largest absolute Gasteiger partial charge is 0.480 e. The second-order valence-electron chi connectivity index (χ2n) is 8.69. The van der Waals surface area contributed by atoms with Crippen molar-refractivity contribution in [3.05, 3.63) is 0 Å². The minimum absolute atomic E-state index is 0.213. The predicted octanol–water partition coefficient (Wildman–Crippen LogP) is 3.64. The van der Waals surface area contributed by atoms with E-state index in [4.69, 9.17) is 5.11 Å². The van der Waals surface area contributed by atoms with Crippen molar-refractivity contribution in [1.82, 2.24) is 4.90 Å². The Hall–Kier alpha value is -0.570. The Bertz CT molecular complexity index is 355. The van der Waals surface area contributed by atoms with Crippen LogP contribution in [0.25, 0.3) is 0 Å². The van der Waals surface area contributed by atoms with Crippen molar-refractivity contribution >= 4 is 5.97 Å². The first-order valence-electron chi connectivity index (χ1n) is 8.88. The van der Waals surface area contributed by atoms with Gasteiger partial charge in [0, 0.05) is 6.54 Å². The summed E-state index contributed by atoms with van der Waals surface area (Å²) < 4.78 is 0. The van der Waals surface area contributed by atoms with Crippen molar-refractivity contribution in [2.75, 3.05) is 19.6 Å².